The number of hydrogen-bond donors (Lipinski definition) is 1. The van der Waals surface area contributed by atoms with E-state index in [1.54, 1.807) is 0 Å². The molecule has 31 heavy (non-hydrogen) atoms. The highest BCUT2D eigenvalue weighted by Gasteiger charge is 2.26. The van der Waals surface area contributed by atoms with Crippen LogP contribution in [0.1, 0.15) is 22.7 Å². The quantitative estimate of drug-likeness (QED) is 0.743. The van der Waals surface area contributed by atoms with Gasteiger partial charge >= 0.3 is 0 Å². The van der Waals surface area contributed by atoms with Gasteiger partial charge in [0, 0.05) is 52.0 Å². The number of nitrogens with one attached hydrogen (secondary N) is 1. The molecule has 1 unspecified atom stereocenters. The Balaban J connectivity index is 1.42. The number of rotatable bonds is 7. The van der Waals surface area contributed by atoms with Crippen molar-refractivity contribution >= 4 is 11.6 Å². The number of likely N-dealkylation sites (N-methyl/N-ethyl adjacent to an activating group) is 2. The maximum absolute atomic E-state index is 12.5. The number of fused-ring (bicyclic) bond motifs is 1. The van der Waals surface area contributed by atoms with Gasteiger partial charge in [0.2, 0.25) is 0 Å². The molecule has 1 saturated heterocycles. The van der Waals surface area contributed by atoms with E-state index in [1.807, 2.05) is 31.2 Å². The van der Waals surface area contributed by atoms with Crippen molar-refractivity contribution in [3.63, 3.8) is 0 Å². The average Bonchev–Trinajstić information content (AvgIpc) is 3.14. The first-order valence-electron chi connectivity index (χ1n) is 11.2. The van der Waals surface area contributed by atoms with Gasteiger partial charge in [-0.05, 0) is 55.3 Å². The van der Waals surface area contributed by atoms with Crippen molar-refractivity contribution in [3.8, 4) is 5.75 Å². The van der Waals surface area contributed by atoms with E-state index in [0.717, 1.165) is 50.5 Å². The topological polar surface area (TPSA) is 48.1 Å². The molecule has 0 aliphatic carbocycles. The Morgan fingerprint density at radius 2 is 1.87 bits per heavy atom. The van der Waals surface area contributed by atoms with E-state index in [1.165, 1.54) is 16.8 Å². The minimum atomic E-state index is -0.0819. The van der Waals surface area contributed by atoms with Crippen LogP contribution in [0.2, 0.25) is 0 Å². The van der Waals surface area contributed by atoms with Crippen molar-refractivity contribution in [1.82, 2.24) is 15.1 Å². The molecule has 1 amide bonds. The summed E-state index contributed by atoms with van der Waals surface area (Å²) < 4.78 is 5.68. The normalized spacial score (nSPS) is 18.0. The van der Waals surface area contributed by atoms with E-state index in [-0.39, 0.29) is 18.6 Å². The molecular formula is C25H34N4O2. The molecule has 4 rings (SSSR count). The average molecular weight is 423 g/mol. The Bertz CT molecular complexity index is 908. The summed E-state index contributed by atoms with van der Waals surface area (Å²) in [6.45, 7) is 7.83. The highest BCUT2D eigenvalue weighted by molar-refractivity contribution is 5.77. The monoisotopic (exact) mass is 422 g/mol. The summed E-state index contributed by atoms with van der Waals surface area (Å²) in [6, 6.07) is 14.8. The fourth-order valence-corrected chi connectivity index (χ4v) is 4.50. The number of piperazine rings is 1. The fraction of sp³-hybridized carbons (Fsp3) is 0.480. The smallest absolute Gasteiger partial charge is 0.258 e. The Hall–Kier alpha value is -2.57. The molecule has 0 radical (unpaired) electrons. The van der Waals surface area contributed by atoms with Gasteiger partial charge in [-0.2, -0.15) is 0 Å². The summed E-state index contributed by atoms with van der Waals surface area (Å²) in [5.41, 5.74) is 5.15. The zero-order chi connectivity index (χ0) is 21.8. The molecule has 0 bridgehead atoms. The van der Waals surface area contributed by atoms with E-state index >= 15 is 0 Å². The number of benzene rings is 2. The molecule has 1 N–H and O–H groups in total. The fourth-order valence-electron chi connectivity index (χ4n) is 4.50. The first-order chi connectivity index (χ1) is 15.0. The molecule has 6 nitrogen and oxygen atoms in total. The summed E-state index contributed by atoms with van der Waals surface area (Å²) in [6.07, 6.45) is 1.09. The van der Waals surface area contributed by atoms with Crippen LogP contribution in [0.5, 0.6) is 5.75 Å². The summed E-state index contributed by atoms with van der Waals surface area (Å²) >= 11 is 0. The number of amides is 1. The van der Waals surface area contributed by atoms with Gasteiger partial charge in [0.1, 0.15) is 5.75 Å². The SMILES string of the molecule is Cc1cccc(OCC(=O)NCC(c2ccc3c(c2)CCN3C)N2CCN(C)CC2)c1. The lowest BCUT2D eigenvalue weighted by molar-refractivity contribution is -0.123. The molecule has 2 heterocycles. The number of ether oxygens (including phenoxy) is 1. The van der Waals surface area contributed by atoms with Crippen molar-refractivity contribution in [2.45, 2.75) is 19.4 Å². The summed E-state index contributed by atoms with van der Waals surface area (Å²) in [7, 11) is 4.32. The molecule has 1 atom stereocenters. The predicted octanol–water partition coefficient (Wildman–Crippen LogP) is 2.47. The van der Waals surface area contributed by atoms with Crippen LogP contribution in [-0.2, 0) is 11.2 Å². The second-order valence-electron chi connectivity index (χ2n) is 8.82. The van der Waals surface area contributed by atoms with E-state index in [0.29, 0.717) is 6.54 Å². The molecular weight excluding hydrogens is 388 g/mol. The van der Waals surface area contributed by atoms with Gasteiger partial charge in [-0.1, -0.05) is 24.3 Å². The third-order valence-corrected chi connectivity index (χ3v) is 6.45. The van der Waals surface area contributed by atoms with Crippen LogP contribution in [0.3, 0.4) is 0 Å². The van der Waals surface area contributed by atoms with Gasteiger partial charge in [0.15, 0.2) is 6.61 Å². The maximum atomic E-state index is 12.5. The van der Waals surface area contributed by atoms with E-state index in [4.69, 9.17) is 4.74 Å². The van der Waals surface area contributed by atoms with Crippen LogP contribution < -0.4 is 15.0 Å². The number of carbonyl (C=O) groups excluding carboxylic acids is 1. The Morgan fingerprint density at radius 1 is 1.06 bits per heavy atom. The van der Waals surface area contributed by atoms with Crippen LogP contribution >= 0.6 is 0 Å². The minimum absolute atomic E-state index is 0.0356. The number of aryl methyl sites for hydroxylation is 1. The largest absolute Gasteiger partial charge is 0.484 e. The Morgan fingerprint density at radius 3 is 2.65 bits per heavy atom. The standard InChI is InChI=1S/C25H34N4O2/c1-19-5-4-6-22(15-19)31-18-25(30)26-17-24(29-13-11-27(2)12-14-29)20-7-8-23-21(16-20)9-10-28(23)3/h4-8,15-16,24H,9-14,17-18H2,1-3H3,(H,26,30). The van der Waals surface area contributed by atoms with Crippen molar-refractivity contribution in [1.29, 1.82) is 0 Å². The summed E-state index contributed by atoms with van der Waals surface area (Å²) in [5.74, 6) is 0.648. The molecule has 2 aromatic rings. The minimum Gasteiger partial charge on any atom is -0.484 e. The van der Waals surface area contributed by atoms with Gasteiger partial charge in [0.25, 0.3) is 5.91 Å². The zero-order valence-electron chi connectivity index (χ0n) is 18.9. The predicted molar refractivity (Wildman–Crippen MR) is 125 cm³/mol. The van der Waals surface area contributed by atoms with Crippen LogP contribution in [0.4, 0.5) is 5.69 Å². The number of anilines is 1. The van der Waals surface area contributed by atoms with Crippen LogP contribution in [0.25, 0.3) is 0 Å². The number of hydrogen-bond acceptors (Lipinski definition) is 5. The molecule has 0 spiro atoms. The highest BCUT2D eigenvalue weighted by atomic mass is 16.5. The second-order valence-corrected chi connectivity index (χ2v) is 8.82. The van der Waals surface area contributed by atoms with E-state index < -0.39 is 0 Å². The van der Waals surface area contributed by atoms with Crippen molar-refractivity contribution in [2.75, 3.05) is 64.9 Å². The molecule has 2 aromatic carbocycles. The lowest BCUT2D eigenvalue weighted by atomic mass is 10.00. The van der Waals surface area contributed by atoms with Gasteiger partial charge in [0.05, 0.1) is 6.04 Å². The Kier molecular flexibility index (Phi) is 6.78. The molecule has 6 heteroatoms. The second kappa shape index (κ2) is 9.71. The van der Waals surface area contributed by atoms with Gasteiger partial charge in [-0.25, -0.2) is 0 Å². The first kappa shape index (κ1) is 21.7. The molecule has 1 fully saturated rings. The van der Waals surface area contributed by atoms with Gasteiger partial charge < -0.3 is 19.9 Å². The molecule has 0 saturated carbocycles. The maximum Gasteiger partial charge on any atom is 0.258 e. The van der Waals surface area contributed by atoms with Crippen LogP contribution in [-0.4, -0.2) is 75.7 Å². The van der Waals surface area contributed by atoms with Gasteiger partial charge in [-0.15, -0.1) is 0 Å². The summed E-state index contributed by atoms with van der Waals surface area (Å²) in [4.78, 5) is 19.7. The highest BCUT2D eigenvalue weighted by Crippen LogP contribution is 2.31. The van der Waals surface area contributed by atoms with Crippen molar-refractivity contribution in [3.05, 3.63) is 59.2 Å². The Labute approximate surface area is 185 Å². The van der Waals surface area contributed by atoms with E-state index in [9.17, 15) is 4.79 Å². The van der Waals surface area contributed by atoms with Gasteiger partial charge in [-0.3, -0.25) is 9.69 Å². The van der Waals surface area contributed by atoms with Crippen LogP contribution in [0, 0.1) is 6.92 Å². The van der Waals surface area contributed by atoms with Crippen molar-refractivity contribution in [2.24, 2.45) is 0 Å². The third-order valence-electron chi connectivity index (χ3n) is 6.45. The van der Waals surface area contributed by atoms with E-state index in [2.05, 4.69) is 52.3 Å². The summed E-state index contributed by atoms with van der Waals surface area (Å²) in [5, 5.41) is 3.12. The molecule has 2 aliphatic rings. The molecule has 166 valence electrons. The third kappa shape index (κ3) is 5.38. The van der Waals surface area contributed by atoms with Crippen molar-refractivity contribution < 1.29 is 9.53 Å². The number of carbonyl (C=O) groups is 1. The molecule has 2 aliphatic heterocycles. The zero-order valence-corrected chi connectivity index (χ0v) is 18.9. The number of nitrogens with zero attached hydrogens (tertiary/aromatic N) is 3. The lowest BCUT2D eigenvalue weighted by Crippen LogP contribution is -2.48. The van der Waals surface area contributed by atoms with Crippen LogP contribution in [0.15, 0.2) is 42.5 Å². The lowest BCUT2D eigenvalue weighted by Gasteiger charge is -2.38. The molecule has 0 aromatic heterocycles. The first-order valence-corrected chi connectivity index (χ1v) is 11.2.